The van der Waals surface area contributed by atoms with Gasteiger partial charge in [-0.1, -0.05) is 37.3 Å². The van der Waals surface area contributed by atoms with Crippen molar-refractivity contribution >= 4 is 23.7 Å². The lowest BCUT2D eigenvalue weighted by molar-refractivity contribution is 0.262. The van der Waals surface area contributed by atoms with Gasteiger partial charge in [0.15, 0.2) is 11.5 Å². The standard InChI is InChI=1S/C23H20F2N4O4.C2H6S/c24-16-6-7-19(20(10-16)32-14-17(25)8-9-30)29-22-18(11-26-29)23(28-21(12-31)27-22)33-13-15-4-2-1-3-5-15;1-2-3/h1-8,10-11,30-31H,9,12-14H2;3H,2H2,1H3/b17-8-;. The molecule has 190 valence electrons. The molecule has 2 aromatic carbocycles. The monoisotopic (exact) mass is 516 g/mol. The van der Waals surface area contributed by atoms with Gasteiger partial charge in [0, 0.05) is 6.07 Å². The molecule has 0 amide bonds. The number of benzene rings is 2. The molecule has 0 saturated heterocycles. The van der Waals surface area contributed by atoms with Gasteiger partial charge in [-0.05, 0) is 29.5 Å². The van der Waals surface area contributed by atoms with Crippen LogP contribution in [0.2, 0.25) is 0 Å². The maximum absolute atomic E-state index is 13.9. The zero-order valence-corrected chi connectivity index (χ0v) is 20.4. The van der Waals surface area contributed by atoms with Crippen molar-refractivity contribution in [2.45, 2.75) is 20.1 Å². The molecule has 0 aliphatic heterocycles. The Morgan fingerprint density at radius 1 is 1.11 bits per heavy atom. The zero-order chi connectivity index (χ0) is 25.9. The van der Waals surface area contributed by atoms with Crippen molar-refractivity contribution < 1.29 is 28.5 Å². The van der Waals surface area contributed by atoms with Crippen LogP contribution in [0.1, 0.15) is 18.3 Å². The van der Waals surface area contributed by atoms with Crippen LogP contribution < -0.4 is 9.47 Å². The summed E-state index contributed by atoms with van der Waals surface area (Å²) in [4.78, 5) is 8.57. The number of ether oxygens (including phenoxy) is 2. The van der Waals surface area contributed by atoms with Gasteiger partial charge in [-0.15, -0.1) is 0 Å². The van der Waals surface area contributed by atoms with Gasteiger partial charge in [-0.2, -0.15) is 22.7 Å². The third-order valence-corrected chi connectivity index (χ3v) is 4.63. The highest BCUT2D eigenvalue weighted by atomic mass is 32.1. The number of halogens is 2. The molecular formula is C25H26F2N4O4S. The van der Waals surface area contributed by atoms with Gasteiger partial charge in [0.05, 0.1) is 12.8 Å². The van der Waals surface area contributed by atoms with Gasteiger partial charge < -0.3 is 19.7 Å². The number of hydrogen-bond acceptors (Lipinski definition) is 8. The topological polar surface area (TPSA) is 103 Å². The Bertz CT molecular complexity index is 1300. The summed E-state index contributed by atoms with van der Waals surface area (Å²) in [5, 5.41) is 23.2. The van der Waals surface area contributed by atoms with Crippen LogP contribution in [0, 0.1) is 5.82 Å². The molecular weight excluding hydrogens is 490 g/mol. The van der Waals surface area contributed by atoms with E-state index in [9.17, 15) is 13.9 Å². The van der Waals surface area contributed by atoms with Gasteiger partial charge >= 0.3 is 0 Å². The molecule has 0 fully saturated rings. The third-order valence-electron chi connectivity index (χ3n) is 4.63. The van der Waals surface area contributed by atoms with Crippen molar-refractivity contribution in [3.05, 3.63) is 83.8 Å². The Balaban J connectivity index is 0.00000115. The first kappa shape index (κ1) is 27.1. The van der Waals surface area contributed by atoms with E-state index in [1.54, 1.807) is 0 Å². The van der Waals surface area contributed by atoms with Crippen LogP contribution in [0.5, 0.6) is 11.6 Å². The summed E-state index contributed by atoms with van der Waals surface area (Å²) < 4.78 is 40.2. The van der Waals surface area contributed by atoms with E-state index >= 15 is 0 Å². The van der Waals surface area contributed by atoms with Gasteiger partial charge in [-0.3, -0.25) is 0 Å². The molecule has 4 rings (SSSR count). The fourth-order valence-electron chi connectivity index (χ4n) is 3.09. The van der Waals surface area contributed by atoms with Crippen LogP contribution in [-0.2, 0) is 13.2 Å². The summed E-state index contributed by atoms with van der Waals surface area (Å²) in [6.45, 7) is 0.806. The Kier molecular flexibility index (Phi) is 10.2. The van der Waals surface area contributed by atoms with Crippen molar-refractivity contribution in [1.82, 2.24) is 19.7 Å². The smallest absolute Gasteiger partial charge is 0.228 e. The molecule has 11 heteroatoms. The first-order valence-corrected chi connectivity index (χ1v) is 11.6. The van der Waals surface area contributed by atoms with Crippen LogP contribution in [-0.4, -0.2) is 48.9 Å². The van der Waals surface area contributed by atoms with Crippen molar-refractivity contribution in [1.29, 1.82) is 0 Å². The lowest BCUT2D eigenvalue weighted by Crippen LogP contribution is -2.07. The normalized spacial score (nSPS) is 11.2. The second-order valence-corrected chi connectivity index (χ2v) is 7.85. The molecule has 2 aromatic heterocycles. The van der Waals surface area contributed by atoms with Crippen LogP contribution in [0.25, 0.3) is 16.7 Å². The van der Waals surface area contributed by atoms with E-state index < -0.39 is 31.5 Å². The van der Waals surface area contributed by atoms with E-state index in [1.807, 2.05) is 37.3 Å². The first-order valence-electron chi connectivity index (χ1n) is 11.0. The minimum atomic E-state index is -0.709. The maximum Gasteiger partial charge on any atom is 0.228 e. The van der Waals surface area contributed by atoms with E-state index in [-0.39, 0.29) is 24.1 Å². The quantitative estimate of drug-likeness (QED) is 0.287. The fraction of sp³-hybridized carbons (Fsp3) is 0.240. The molecule has 8 nitrogen and oxygen atoms in total. The number of aliphatic hydroxyl groups is 2. The molecule has 0 saturated carbocycles. The minimum Gasteiger partial charge on any atom is -0.484 e. The van der Waals surface area contributed by atoms with E-state index in [2.05, 4.69) is 27.7 Å². The second kappa shape index (κ2) is 13.5. The summed E-state index contributed by atoms with van der Waals surface area (Å²) in [5.41, 5.74) is 1.51. The average Bonchev–Trinajstić information content (AvgIpc) is 3.31. The molecule has 2 heterocycles. The van der Waals surface area contributed by atoms with Crippen molar-refractivity contribution in [2.24, 2.45) is 0 Å². The van der Waals surface area contributed by atoms with Crippen molar-refractivity contribution in [2.75, 3.05) is 19.0 Å². The summed E-state index contributed by atoms with van der Waals surface area (Å²) in [7, 11) is 0. The highest BCUT2D eigenvalue weighted by Gasteiger charge is 2.18. The molecule has 0 bridgehead atoms. The largest absolute Gasteiger partial charge is 0.484 e. The Morgan fingerprint density at radius 2 is 1.86 bits per heavy atom. The highest BCUT2D eigenvalue weighted by molar-refractivity contribution is 7.80. The van der Waals surface area contributed by atoms with Crippen LogP contribution in [0.3, 0.4) is 0 Å². The van der Waals surface area contributed by atoms with Gasteiger partial charge in [-0.25, -0.2) is 18.4 Å². The van der Waals surface area contributed by atoms with E-state index in [1.165, 1.54) is 23.0 Å². The number of aliphatic hydroxyl groups excluding tert-OH is 2. The zero-order valence-electron chi connectivity index (χ0n) is 19.5. The summed E-state index contributed by atoms with van der Waals surface area (Å²) in [6.07, 6.45) is 2.43. The molecule has 0 aliphatic carbocycles. The summed E-state index contributed by atoms with van der Waals surface area (Å²) >= 11 is 3.79. The molecule has 0 aliphatic rings. The van der Waals surface area contributed by atoms with Crippen molar-refractivity contribution in [3.63, 3.8) is 0 Å². The predicted octanol–water partition coefficient (Wildman–Crippen LogP) is 4.19. The second-order valence-electron chi connectivity index (χ2n) is 7.22. The van der Waals surface area contributed by atoms with Gasteiger partial charge in [0.1, 0.15) is 48.3 Å². The number of fused-ring (bicyclic) bond motifs is 1. The minimum absolute atomic E-state index is 0.0115. The summed E-state index contributed by atoms with van der Waals surface area (Å²) in [6, 6.07) is 13.2. The molecule has 0 radical (unpaired) electrons. The van der Waals surface area contributed by atoms with E-state index in [0.29, 0.717) is 16.7 Å². The number of aromatic nitrogens is 4. The molecule has 4 aromatic rings. The molecule has 0 unspecified atom stereocenters. The van der Waals surface area contributed by atoms with Crippen molar-refractivity contribution in [3.8, 4) is 17.3 Å². The third kappa shape index (κ3) is 7.00. The summed E-state index contributed by atoms with van der Waals surface area (Å²) in [5.74, 6) is -0.0132. The molecule has 0 atom stereocenters. The van der Waals surface area contributed by atoms with Crippen LogP contribution >= 0.6 is 12.6 Å². The van der Waals surface area contributed by atoms with Crippen LogP contribution in [0.4, 0.5) is 8.78 Å². The van der Waals surface area contributed by atoms with Crippen LogP contribution in [0.15, 0.2) is 66.6 Å². The Labute approximate surface area is 212 Å². The first-order chi connectivity index (χ1) is 17.5. The van der Waals surface area contributed by atoms with Gasteiger partial charge in [0.25, 0.3) is 0 Å². The average molecular weight is 517 g/mol. The SMILES string of the molecule is CCS.OC/C=C(\F)COc1cc(F)ccc1-n1ncc2c(OCc3ccccc3)nc(CO)nc21. The predicted molar refractivity (Wildman–Crippen MR) is 135 cm³/mol. The molecule has 36 heavy (non-hydrogen) atoms. The lowest BCUT2D eigenvalue weighted by Gasteiger charge is -2.12. The number of nitrogens with zero attached hydrogens (tertiary/aromatic N) is 4. The fourth-order valence-corrected chi connectivity index (χ4v) is 3.09. The van der Waals surface area contributed by atoms with Gasteiger partial charge in [0.2, 0.25) is 5.88 Å². The Morgan fingerprint density at radius 3 is 2.56 bits per heavy atom. The Hall–Kier alpha value is -3.54. The molecule has 0 spiro atoms. The maximum atomic E-state index is 13.9. The number of thiol groups is 1. The number of hydrogen-bond donors (Lipinski definition) is 3. The number of rotatable bonds is 9. The molecule has 2 N–H and O–H groups in total. The lowest BCUT2D eigenvalue weighted by atomic mass is 10.2. The highest BCUT2D eigenvalue weighted by Crippen LogP contribution is 2.30. The van der Waals surface area contributed by atoms with E-state index in [0.717, 1.165) is 23.5 Å². The van der Waals surface area contributed by atoms with E-state index in [4.69, 9.17) is 14.6 Å².